The van der Waals surface area contributed by atoms with Crippen molar-refractivity contribution in [2.45, 2.75) is 64.2 Å². The third-order valence-corrected chi connectivity index (χ3v) is 3.83. The van der Waals surface area contributed by atoms with Gasteiger partial charge >= 0.3 is 0 Å². The van der Waals surface area contributed by atoms with E-state index in [2.05, 4.69) is 24.1 Å². The fourth-order valence-corrected chi connectivity index (χ4v) is 3.14. The topological polar surface area (TPSA) is 41.6 Å². The lowest BCUT2D eigenvalue weighted by Crippen LogP contribution is -2.50. The maximum Gasteiger partial charge on any atom is 0.234 e. The van der Waals surface area contributed by atoms with Crippen LogP contribution in [-0.2, 0) is 9.53 Å². The number of morpholine rings is 1. The summed E-state index contributed by atoms with van der Waals surface area (Å²) >= 11 is 0. The molecule has 0 bridgehead atoms. The van der Waals surface area contributed by atoms with E-state index < -0.39 is 0 Å². The summed E-state index contributed by atoms with van der Waals surface area (Å²) in [6, 6.07) is 0.419. The van der Waals surface area contributed by atoms with Gasteiger partial charge in [-0.25, -0.2) is 0 Å². The smallest absolute Gasteiger partial charge is 0.234 e. The molecule has 1 N–H and O–H groups in total. The van der Waals surface area contributed by atoms with E-state index >= 15 is 0 Å². The van der Waals surface area contributed by atoms with E-state index in [1.807, 2.05) is 0 Å². The number of amides is 1. The van der Waals surface area contributed by atoms with Gasteiger partial charge in [0.15, 0.2) is 0 Å². The molecular formula is C14H26N2O2. The Bertz CT molecular complexity index is 267. The molecule has 0 aromatic carbocycles. The van der Waals surface area contributed by atoms with E-state index in [4.69, 9.17) is 4.74 Å². The van der Waals surface area contributed by atoms with Crippen LogP contribution < -0.4 is 5.32 Å². The van der Waals surface area contributed by atoms with Crippen LogP contribution in [0.15, 0.2) is 0 Å². The maximum absolute atomic E-state index is 12.0. The molecule has 4 nitrogen and oxygen atoms in total. The lowest BCUT2D eigenvalue weighted by atomic mass is 9.95. The van der Waals surface area contributed by atoms with Crippen molar-refractivity contribution in [3.05, 3.63) is 0 Å². The lowest BCUT2D eigenvalue weighted by molar-refractivity contribution is -0.126. The van der Waals surface area contributed by atoms with Gasteiger partial charge < -0.3 is 10.1 Å². The highest BCUT2D eigenvalue weighted by Gasteiger charge is 2.24. The molecule has 1 saturated heterocycles. The molecule has 1 aliphatic carbocycles. The molecule has 1 aliphatic heterocycles. The molecule has 4 heteroatoms. The summed E-state index contributed by atoms with van der Waals surface area (Å²) in [5.74, 6) is 0.184. The average Bonchev–Trinajstić information content (AvgIpc) is 2.28. The quantitative estimate of drug-likeness (QED) is 0.831. The maximum atomic E-state index is 12.0. The van der Waals surface area contributed by atoms with E-state index in [1.165, 1.54) is 19.3 Å². The normalized spacial score (nSPS) is 31.2. The largest absolute Gasteiger partial charge is 0.373 e. The molecule has 1 amide bonds. The van der Waals surface area contributed by atoms with Crippen molar-refractivity contribution in [1.29, 1.82) is 0 Å². The highest BCUT2D eigenvalue weighted by molar-refractivity contribution is 5.78. The Morgan fingerprint density at radius 2 is 1.78 bits per heavy atom. The Balaban J connectivity index is 1.72. The molecule has 0 spiro atoms. The number of hydrogen-bond acceptors (Lipinski definition) is 3. The third kappa shape index (κ3) is 4.25. The van der Waals surface area contributed by atoms with E-state index in [0.717, 1.165) is 25.9 Å². The number of carbonyl (C=O) groups is 1. The van der Waals surface area contributed by atoms with Gasteiger partial charge in [-0.15, -0.1) is 0 Å². The van der Waals surface area contributed by atoms with Gasteiger partial charge in [0.25, 0.3) is 0 Å². The number of rotatable bonds is 3. The molecular weight excluding hydrogens is 228 g/mol. The SMILES string of the molecule is C[C@H]1CN(CC(=O)NC2CCCCC2)C[C@H](C)O1. The molecule has 0 aromatic rings. The van der Waals surface area contributed by atoms with Crippen molar-refractivity contribution in [3.63, 3.8) is 0 Å². The van der Waals surface area contributed by atoms with Crippen molar-refractivity contribution >= 4 is 5.91 Å². The summed E-state index contributed by atoms with van der Waals surface area (Å²) in [7, 11) is 0. The van der Waals surface area contributed by atoms with Gasteiger partial charge in [-0.05, 0) is 26.7 Å². The van der Waals surface area contributed by atoms with E-state index in [1.54, 1.807) is 0 Å². The van der Waals surface area contributed by atoms with Crippen molar-refractivity contribution in [3.8, 4) is 0 Å². The molecule has 0 radical (unpaired) electrons. The van der Waals surface area contributed by atoms with E-state index in [9.17, 15) is 4.79 Å². The first-order valence-corrected chi connectivity index (χ1v) is 7.30. The molecule has 2 aliphatic rings. The molecule has 2 fully saturated rings. The van der Waals surface area contributed by atoms with Crippen LogP contribution in [0.25, 0.3) is 0 Å². The first kappa shape index (κ1) is 13.8. The van der Waals surface area contributed by atoms with Crippen molar-refractivity contribution in [2.24, 2.45) is 0 Å². The summed E-state index contributed by atoms with van der Waals surface area (Å²) in [5.41, 5.74) is 0. The van der Waals surface area contributed by atoms with Crippen LogP contribution in [0.4, 0.5) is 0 Å². The van der Waals surface area contributed by atoms with Gasteiger partial charge in [0.05, 0.1) is 18.8 Å². The minimum absolute atomic E-state index is 0.184. The Kier molecular flexibility index (Phi) is 5.01. The zero-order chi connectivity index (χ0) is 13.0. The third-order valence-electron chi connectivity index (χ3n) is 3.83. The van der Waals surface area contributed by atoms with Gasteiger partial charge in [0.2, 0.25) is 5.91 Å². The van der Waals surface area contributed by atoms with Crippen molar-refractivity contribution < 1.29 is 9.53 Å². The number of ether oxygens (including phenoxy) is 1. The zero-order valence-corrected chi connectivity index (χ0v) is 11.7. The van der Waals surface area contributed by atoms with Crippen LogP contribution in [0.3, 0.4) is 0 Å². The van der Waals surface area contributed by atoms with Crippen LogP contribution in [-0.4, -0.2) is 48.7 Å². The predicted octanol–water partition coefficient (Wildman–Crippen LogP) is 1.54. The summed E-state index contributed by atoms with van der Waals surface area (Å²) in [6.45, 7) is 6.39. The van der Waals surface area contributed by atoms with Crippen LogP contribution in [0.2, 0.25) is 0 Å². The summed E-state index contributed by atoms with van der Waals surface area (Å²) in [4.78, 5) is 14.2. The van der Waals surface area contributed by atoms with Crippen LogP contribution in [0.5, 0.6) is 0 Å². The second kappa shape index (κ2) is 6.53. The Morgan fingerprint density at radius 3 is 2.39 bits per heavy atom. The second-order valence-corrected chi connectivity index (χ2v) is 5.85. The number of carbonyl (C=O) groups excluding carboxylic acids is 1. The lowest BCUT2D eigenvalue weighted by Gasteiger charge is -2.35. The van der Waals surface area contributed by atoms with Gasteiger partial charge in [-0.2, -0.15) is 0 Å². The molecule has 0 unspecified atom stereocenters. The molecule has 18 heavy (non-hydrogen) atoms. The van der Waals surface area contributed by atoms with Crippen LogP contribution in [0, 0.1) is 0 Å². The minimum atomic E-state index is 0.184. The van der Waals surface area contributed by atoms with Gasteiger partial charge in [-0.1, -0.05) is 19.3 Å². The molecule has 1 heterocycles. The molecule has 2 rings (SSSR count). The highest BCUT2D eigenvalue weighted by atomic mass is 16.5. The summed E-state index contributed by atoms with van der Waals surface area (Å²) < 4.78 is 5.67. The van der Waals surface area contributed by atoms with Gasteiger partial charge in [-0.3, -0.25) is 9.69 Å². The molecule has 104 valence electrons. The molecule has 1 saturated carbocycles. The predicted molar refractivity (Wildman–Crippen MR) is 71.5 cm³/mol. The van der Waals surface area contributed by atoms with Crippen molar-refractivity contribution in [1.82, 2.24) is 10.2 Å². The fourth-order valence-electron chi connectivity index (χ4n) is 3.14. The van der Waals surface area contributed by atoms with E-state index in [-0.39, 0.29) is 18.1 Å². The Labute approximate surface area is 110 Å². The van der Waals surface area contributed by atoms with Gasteiger partial charge in [0.1, 0.15) is 0 Å². The summed E-state index contributed by atoms with van der Waals surface area (Å²) in [5, 5.41) is 3.17. The first-order valence-electron chi connectivity index (χ1n) is 7.30. The first-order chi connectivity index (χ1) is 8.63. The minimum Gasteiger partial charge on any atom is -0.373 e. The number of nitrogens with zero attached hydrogens (tertiary/aromatic N) is 1. The second-order valence-electron chi connectivity index (χ2n) is 5.85. The van der Waals surface area contributed by atoms with Crippen LogP contribution in [0.1, 0.15) is 46.0 Å². The van der Waals surface area contributed by atoms with E-state index in [0.29, 0.717) is 12.6 Å². The monoisotopic (exact) mass is 254 g/mol. The fraction of sp³-hybridized carbons (Fsp3) is 0.929. The molecule has 2 atom stereocenters. The number of hydrogen-bond donors (Lipinski definition) is 1. The number of nitrogens with one attached hydrogen (secondary N) is 1. The Hall–Kier alpha value is -0.610. The molecule has 0 aromatic heterocycles. The van der Waals surface area contributed by atoms with Crippen LogP contribution >= 0.6 is 0 Å². The van der Waals surface area contributed by atoms with Crippen molar-refractivity contribution in [2.75, 3.05) is 19.6 Å². The Morgan fingerprint density at radius 1 is 1.17 bits per heavy atom. The average molecular weight is 254 g/mol. The summed E-state index contributed by atoms with van der Waals surface area (Å²) in [6.07, 6.45) is 6.62. The zero-order valence-electron chi connectivity index (χ0n) is 11.7. The highest BCUT2D eigenvalue weighted by Crippen LogP contribution is 2.17. The standard InChI is InChI=1S/C14H26N2O2/c1-11-8-16(9-12(2)18-11)10-14(17)15-13-6-4-3-5-7-13/h11-13H,3-10H2,1-2H3,(H,15,17)/t11-,12-/m0/s1. The van der Waals surface area contributed by atoms with Gasteiger partial charge in [0, 0.05) is 19.1 Å².